The third-order valence-electron chi connectivity index (χ3n) is 4.69. The van der Waals surface area contributed by atoms with E-state index in [2.05, 4.69) is 20.6 Å². The number of aliphatic hydroxyl groups excluding tert-OH is 1. The second kappa shape index (κ2) is 11.0. The molecular weight excluding hydrogens is 496 g/mol. The van der Waals surface area contributed by atoms with Crippen LogP contribution >= 0.6 is 22.7 Å². The first-order valence-electron chi connectivity index (χ1n) is 10.0. The van der Waals surface area contributed by atoms with Gasteiger partial charge in [-0.05, 0) is 25.5 Å². The highest BCUT2D eigenvalue weighted by Gasteiger charge is 2.33. The summed E-state index contributed by atoms with van der Waals surface area (Å²) in [7, 11) is 0. The number of thiazole rings is 2. The first-order chi connectivity index (χ1) is 16.0. The Morgan fingerprint density at radius 3 is 2.62 bits per heavy atom. The van der Waals surface area contributed by atoms with Gasteiger partial charge in [0.25, 0.3) is 5.91 Å². The van der Waals surface area contributed by atoms with Crippen LogP contribution in [0.4, 0.5) is 17.6 Å². The lowest BCUT2D eigenvalue weighted by molar-refractivity contribution is -0.140. The second-order valence-corrected chi connectivity index (χ2v) is 9.28. The van der Waals surface area contributed by atoms with Crippen molar-refractivity contribution in [2.24, 2.45) is 0 Å². The van der Waals surface area contributed by atoms with Crippen molar-refractivity contribution in [3.63, 3.8) is 0 Å². The smallest absolute Gasteiger partial charge is 0.384 e. The van der Waals surface area contributed by atoms with Crippen molar-refractivity contribution in [3.8, 4) is 10.6 Å². The highest BCUT2D eigenvalue weighted by molar-refractivity contribution is 7.16. The first-order valence-corrected chi connectivity index (χ1v) is 11.7. The Balaban J connectivity index is 1.64. The average Bonchev–Trinajstić information content (AvgIpc) is 3.48. The average molecular weight is 517 g/mol. The Labute approximate surface area is 199 Å². The van der Waals surface area contributed by atoms with E-state index in [0.29, 0.717) is 10.6 Å². The van der Waals surface area contributed by atoms with Gasteiger partial charge in [-0.15, -0.1) is 22.7 Å². The summed E-state index contributed by atoms with van der Waals surface area (Å²) < 4.78 is 51.6. The minimum absolute atomic E-state index is 0.162. The van der Waals surface area contributed by atoms with Gasteiger partial charge in [0.2, 0.25) is 5.91 Å². The zero-order valence-electron chi connectivity index (χ0n) is 17.7. The molecule has 7 nitrogen and oxygen atoms in total. The van der Waals surface area contributed by atoms with E-state index in [1.807, 2.05) is 0 Å². The molecule has 2 aromatic heterocycles. The van der Waals surface area contributed by atoms with Crippen molar-refractivity contribution >= 4 is 34.5 Å². The molecule has 13 heteroatoms. The summed E-state index contributed by atoms with van der Waals surface area (Å²) in [5.74, 6) is -1.86. The molecule has 0 saturated carbocycles. The summed E-state index contributed by atoms with van der Waals surface area (Å²) in [4.78, 5) is 33.3. The first kappa shape index (κ1) is 25.7. The molecule has 182 valence electrons. The number of nitrogens with one attached hydrogen (secondary N) is 2. The summed E-state index contributed by atoms with van der Waals surface area (Å²) in [5.41, 5.74) is 0.485. The molecule has 0 bridgehead atoms. The summed E-state index contributed by atoms with van der Waals surface area (Å²) >= 11 is 2.04. The maximum atomic E-state index is 13.4. The Hall–Kier alpha value is -2.90. The van der Waals surface area contributed by atoms with Crippen LogP contribution in [-0.4, -0.2) is 45.1 Å². The van der Waals surface area contributed by atoms with Crippen molar-refractivity contribution in [2.75, 3.05) is 0 Å². The quantitative estimate of drug-likeness (QED) is 0.372. The maximum Gasteiger partial charge on any atom is 0.389 e. The summed E-state index contributed by atoms with van der Waals surface area (Å²) in [6.07, 6.45) is -5.03. The number of carbonyl (C=O) groups is 2. The molecule has 34 heavy (non-hydrogen) atoms. The van der Waals surface area contributed by atoms with Gasteiger partial charge in [-0.25, -0.2) is 14.4 Å². The number of amides is 2. The molecule has 3 atom stereocenters. The van der Waals surface area contributed by atoms with Gasteiger partial charge in [-0.1, -0.05) is 12.1 Å². The molecule has 2 amide bonds. The van der Waals surface area contributed by atoms with E-state index in [9.17, 15) is 32.3 Å². The van der Waals surface area contributed by atoms with E-state index >= 15 is 0 Å². The molecule has 0 radical (unpaired) electrons. The van der Waals surface area contributed by atoms with Crippen LogP contribution in [0.3, 0.4) is 0 Å². The zero-order valence-corrected chi connectivity index (χ0v) is 19.3. The molecule has 3 N–H and O–H groups in total. The van der Waals surface area contributed by atoms with E-state index < -0.39 is 54.8 Å². The highest BCUT2D eigenvalue weighted by Crippen LogP contribution is 2.28. The van der Waals surface area contributed by atoms with E-state index in [4.69, 9.17) is 0 Å². The van der Waals surface area contributed by atoms with Crippen molar-refractivity contribution in [1.82, 2.24) is 20.6 Å². The monoisotopic (exact) mass is 516 g/mol. The number of alkyl halides is 3. The van der Waals surface area contributed by atoms with E-state index in [-0.39, 0.29) is 9.88 Å². The van der Waals surface area contributed by atoms with Crippen LogP contribution in [0, 0.1) is 5.82 Å². The van der Waals surface area contributed by atoms with Gasteiger partial charge >= 0.3 is 6.18 Å². The molecule has 3 aromatic rings. The second-order valence-electron chi connectivity index (χ2n) is 7.32. The number of rotatable bonds is 9. The molecule has 3 rings (SSSR count). The molecular formula is C21H20F4N4O3S2. The van der Waals surface area contributed by atoms with Crippen molar-refractivity contribution in [1.29, 1.82) is 0 Å². The molecule has 0 aliphatic carbocycles. The third-order valence-corrected chi connectivity index (χ3v) is 6.59. The lowest BCUT2D eigenvalue weighted by Gasteiger charge is -2.25. The highest BCUT2D eigenvalue weighted by atomic mass is 32.1. The van der Waals surface area contributed by atoms with Crippen LogP contribution in [0.1, 0.15) is 40.5 Å². The number of aliphatic hydroxyl groups is 1. The fourth-order valence-corrected chi connectivity index (χ4v) is 4.46. The van der Waals surface area contributed by atoms with Crippen LogP contribution < -0.4 is 10.6 Å². The molecule has 0 aliphatic heterocycles. The fraction of sp³-hybridized carbons (Fsp3) is 0.333. The Bertz CT molecular complexity index is 1120. The summed E-state index contributed by atoms with van der Waals surface area (Å²) in [6.45, 7) is 1.36. The van der Waals surface area contributed by atoms with Gasteiger partial charge < -0.3 is 15.7 Å². The van der Waals surface area contributed by atoms with Gasteiger partial charge in [-0.3, -0.25) is 9.59 Å². The Morgan fingerprint density at radius 1 is 1.21 bits per heavy atom. The number of benzene rings is 1. The topological polar surface area (TPSA) is 104 Å². The fourth-order valence-electron chi connectivity index (χ4n) is 2.96. The predicted molar refractivity (Wildman–Crippen MR) is 119 cm³/mol. The number of hydrogen-bond acceptors (Lipinski definition) is 7. The van der Waals surface area contributed by atoms with Gasteiger partial charge in [-0.2, -0.15) is 13.2 Å². The largest absolute Gasteiger partial charge is 0.389 e. The number of aromatic nitrogens is 2. The van der Waals surface area contributed by atoms with Gasteiger partial charge in [0.05, 0.1) is 12.2 Å². The standard InChI is InChI=1S/C21H20F4N4O3S2/c1-11(28-18(32)15-10-27-19(34-15)12-3-2-4-13(22)9-12)17(31)29-14(5-6-21(23,24)25)16(30)20-26-7-8-33-20/h2-4,7-11,14,16,30H,5-6H2,1H3,(H,28,32)(H,29,31)/t11-,14-,16?/m0/s1. The summed E-state index contributed by atoms with van der Waals surface area (Å²) in [5, 5.41) is 17.4. The van der Waals surface area contributed by atoms with Gasteiger partial charge in [0.1, 0.15) is 32.9 Å². The van der Waals surface area contributed by atoms with E-state index in [1.165, 1.54) is 37.5 Å². The van der Waals surface area contributed by atoms with Crippen LogP contribution in [0.5, 0.6) is 0 Å². The Morgan fingerprint density at radius 2 is 1.97 bits per heavy atom. The van der Waals surface area contributed by atoms with Crippen LogP contribution in [0.2, 0.25) is 0 Å². The Kier molecular flexibility index (Phi) is 8.33. The lowest BCUT2D eigenvalue weighted by Crippen LogP contribution is -2.49. The van der Waals surface area contributed by atoms with Crippen molar-refractivity contribution < 1.29 is 32.3 Å². The van der Waals surface area contributed by atoms with Crippen LogP contribution in [0.25, 0.3) is 10.6 Å². The molecule has 0 fully saturated rings. The van der Waals surface area contributed by atoms with Gasteiger partial charge in [0.15, 0.2) is 0 Å². The number of hydrogen-bond donors (Lipinski definition) is 3. The minimum Gasteiger partial charge on any atom is -0.384 e. The van der Waals surface area contributed by atoms with Crippen LogP contribution in [0.15, 0.2) is 42.0 Å². The molecule has 0 saturated heterocycles. The zero-order chi connectivity index (χ0) is 24.9. The van der Waals surface area contributed by atoms with Crippen molar-refractivity contribution in [3.05, 3.63) is 57.7 Å². The van der Waals surface area contributed by atoms with E-state index in [1.54, 1.807) is 11.4 Å². The predicted octanol–water partition coefficient (Wildman–Crippen LogP) is 4.08. The molecule has 0 aliphatic rings. The number of nitrogens with zero attached hydrogens (tertiary/aromatic N) is 2. The van der Waals surface area contributed by atoms with Crippen molar-refractivity contribution in [2.45, 2.75) is 44.1 Å². The molecule has 1 unspecified atom stereocenters. The van der Waals surface area contributed by atoms with Gasteiger partial charge in [0, 0.05) is 23.6 Å². The minimum atomic E-state index is -4.48. The van der Waals surface area contributed by atoms with Crippen LogP contribution in [-0.2, 0) is 4.79 Å². The maximum absolute atomic E-state index is 13.4. The molecule has 0 spiro atoms. The normalized spacial score (nSPS) is 14.3. The SMILES string of the molecule is C[C@H](NC(=O)c1cnc(-c2cccc(F)c2)s1)C(=O)N[C@@H](CCC(F)(F)F)C(O)c1nccs1. The molecule has 2 heterocycles. The third kappa shape index (κ3) is 7.05. The van der Waals surface area contributed by atoms with E-state index in [0.717, 1.165) is 22.7 Å². The number of halogens is 4. The summed E-state index contributed by atoms with van der Waals surface area (Å²) in [6, 6.07) is 3.30. The molecule has 1 aromatic carbocycles. The number of carbonyl (C=O) groups excluding carboxylic acids is 2. The lowest BCUT2D eigenvalue weighted by atomic mass is 10.0.